The van der Waals surface area contributed by atoms with Crippen LogP contribution >= 0.6 is 24.8 Å². The van der Waals surface area contributed by atoms with Crippen LogP contribution in [0.4, 0.5) is 0 Å². The van der Waals surface area contributed by atoms with Gasteiger partial charge in [-0.05, 0) is 18.6 Å². The number of unbranched alkanes of at least 4 members (excludes halogenated alkanes) is 2. The van der Waals surface area contributed by atoms with Crippen molar-refractivity contribution in [1.29, 1.82) is 0 Å². The molecule has 2 N–H and O–H groups in total. The molecular weight excluding hydrogens is 207 g/mol. The Morgan fingerprint density at radius 2 is 2.09 bits per heavy atom. The zero-order chi connectivity index (χ0) is 7.11. The van der Waals surface area contributed by atoms with Gasteiger partial charge in [0.1, 0.15) is 0 Å². The normalized spacial score (nSPS) is 7.45. The van der Waals surface area contributed by atoms with E-state index in [2.05, 4.69) is 31.8 Å². The largest absolute Gasteiger partial charge is 1.00 e. The average molecular weight is 222 g/mol. The molecule has 0 fully saturated rings. The molecule has 0 aromatic rings. The molecule has 0 unspecified atom stereocenters. The van der Waals surface area contributed by atoms with Crippen molar-refractivity contribution < 1.29 is 63.0 Å². The summed E-state index contributed by atoms with van der Waals surface area (Å²) in [5.41, 5.74) is 0. The summed E-state index contributed by atoms with van der Waals surface area (Å²) < 4.78 is 5.29. The average Bonchev–Trinajstić information content (AvgIpc) is 1.80. The predicted molar refractivity (Wildman–Crippen MR) is 51.8 cm³/mol. The standard InChI is InChI=1S/C6H12OS2.K.H2O.H/c1-2-3-4-5-7-6(8)9;;;/h2-5H2,1H3,(H,8,9);;1H2;/q;+1;;-1. The number of hydrogen-bond acceptors (Lipinski definition) is 2. The molecule has 0 radical (unpaired) electrons. The predicted octanol–water partition coefficient (Wildman–Crippen LogP) is -1.30. The van der Waals surface area contributed by atoms with Crippen molar-refractivity contribution >= 4 is 29.2 Å². The van der Waals surface area contributed by atoms with Gasteiger partial charge in [-0.1, -0.05) is 32.4 Å². The summed E-state index contributed by atoms with van der Waals surface area (Å²) in [4.78, 5) is 0. The first-order valence-corrected chi connectivity index (χ1v) is 3.98. The van der Waals surface area contributed by atoms with Crippen LogP contribution in [0.2, 0.25) is 0 Å². The first kappa shape index (κ1) is 18.6. The monoisotopic (exact) mass is 222 g/mol. The Hall–Kier alpha value is 1.84. The number of hydrogen-bond donors (Lipinski definition) is 1. The van der Waals surface area contributed by atoms with Crippen molar-refractivity contribution in [3.63, 3.8) is 0 Å². The van der Waals surface area contributed by atoms with Gasteiger partial charge in [-0.2, -0.15) is 0 Å². The van der Waals surface area contributed by atoms with Gasteiger partial charge in [0.2, 0.25) is 4.38 Å². The molecule has 0 saturated heterocycles. The van der Waals surface area contributed by atoms with Gasteiger partial charge >= 0.3 is 51.4 Å². The van der Waals surface area contributed by atoms with Crippen molar-refractivity contribution in [1.82, 2.24) is 0 Å². The van der Waals surface area contributed by atoms with Crippen LogP contribution in [0, 0.1) is 0 Å². The molecule has 0 aromatic carbocycles. The second kappa shape index (κ2) is 14.4. The molecule has 0 spiro atoms. The third kappa shape index (κ3) is 18.6. The molecule has 0 heterocycles. The molecule has 0 saturated carbocycles. The fourth-order valence-corrected chi connectivity index (χ4v) is 0.686. The minimum Gasteiger partial charge on any atom is -1.00 e. The van der Waals surface area contributed by atoms with Crippen molar-refractivity contribution in [2.75, 3.05) is 6.61 Å². The first-order chi connectivity index (χ1) is 4.27. The van der Waals surface area contributed by atoms with Gasteiger partial charge in [-0.15, -0.1) is 0 Å². The van der Waals surface area contributed by atoms with Gasteiger partial charge in [0, 0.05) is 0 Å². The number of thiocarbonyl (C=S) groups is 1. The molecule has 11 heavy (non-hydrogen) atoms. The van der Waals surface area contributed by atoms with Crippen LogP contribution in [0.1, 0.15) is 27.6 Å². The number of ether oxygens (including phenoxy) is 1. The van der Waals surface area contributed by atoms with Gasteiger partial charge in [-0.3, -0.25) is 0 Å². The van der Waals surface area contributed by atoms with Gasteiger partial charge in [0.05, 0.1) is 6.61 Å². The molecule has 2 nitrogen and oxygen atoms in total. The third-order valence-electron chi connectivity index (χ3n) is 0.973. The number of rotatable bonds is 4. The van der Waals surface area contributed by atoms with E-state index in [1.807, 2.05) is 0 Å². The van der Waals surface area contributed by atoms with Crippen LogP contribution in [0.3, 0.4) is 0 Å². The maximum atomic E-state index is 4.94. The van der Waals surface area contributed by atoms with E-state index in [0.717, 1.165) is 13.0 Å². The van der Waals surface area contributed by atoms with Gasteiger partial charge in [0.25, 0.3) is 0 Å². The maximum Gasteiger partial charge on any atom is 1.00 e. The second-order valence-corrected chi connectivity index (χ2v) is 2.90. The fourth-order valence-electron chi connectivity index (χ4n) is 0.512. The minimum atomic E-state index is 0. The Morgan fingerprint density at radius 3 is 2.45 bits per heavy atom. The molecule has 0 amide bonds. The molecule has 0 aromatic heterocycles. The van der Waals surface area contributed by atoms with Crippen molar-refractivity contribution in [2.24, 2.45) is 0 Å². The van der Waals surface area contributed by atoms with Crippen LogP contribution in [0.25, 0.3) is 0 Å². The molecule has 64 valence electrons. The van der Waals surface area contributed by atoms with Crippen LogP contribution in [0.15, 0.2) is 0 Å². The summed E-state index contributed by atoms with van der Waals surface area (Å²) in [6.07, 6.45) is 3.50. The summed E-state index contributed by atoms with van der Waals surface area (Å²) in [5, 5.41) is 0. The van der Waals surface area contributed by atoms with Crippen molar-refractivity contribution in [3.8, 4) is 0 Å². The van der Waals surface area contributed by atoms with Crippen molar-refractivity contribution in [2.45, 2.75) is 26.2 Å². The first-order valence-electron chi connectivity index (χ1n) is 3.13. The molecule has 0 aliphatic carbocycles. The summed E-state index contributed by atoms with van der Waals surface area (Å²) in [7, 11) is 0. The quantitative estimate of drug-likeness (QED) is 0.278. The van der Waals surface area contributed by atoms with E-state index in [0.29, 0.717) is 4.38 Å². The van der Waals surface area contributed by atoms with Crippen LogP contribution in [-0.4, -0.2) is 16.5 Å². The summed E-state index contributed by atoms with van der Waals surface area (Å²) in [6, 6.07) is 0. The van der Waals surface area contributed by atoms with Gasteiger partial charge < -0.3 is 11.6 Å². The summed E-state index contributed by atoms with van der Waals surface area (Å²) >= 11 is 8.40. The SMILES string of the molecule is CCCCCOC(=S)S.O.[H-].[K+]. The zero-order valence-electron chi connectivity index (χ0n) is 8.09. The second-order valence-electron chi connectivity index (χ2n) is 1.82. The Morgan fingerprint density at radius 1 is 1.55 bits per heavy atom. The summed E-state index contributed by atoms with van der Waals surface area (Å²) in [5.74, 6) is 0. The Bertz CT molecular complexity index is 95.6. The summed E-state index contributed by atoms with van der Waals surface area (Å²) in [6.45, 7) is 2.87. The van der Waals surface area contributed by atoms with Crippen molar-refractivity contribution in [3.05, 3.63) is 0 Å². The fraction of sp³-hybridized carbons (Fsp3) is 0.833. The topological polar surface area (TPSA) is 40.7 Å². The minimum absolute atomic E-state index is 0. The Balaban J connectivity index is -0.000000107. The molecule has 5 heteroatoms. The molecule has 0 aliphatic heterocycles. The van der Waals surface area contributed by atoms with E-state index in [9.17, 15) is 0 Å². The molecule has 0 bridgehead atoms. The van der Waals surface area contributed by atoms with Crippen LogP contribution in [0.5, 0.6) is 0 Å². The van der Waals surface area contributed by atoms with E-state index >= 15 is 0 Å². The molecular formula is C6H15KO2S2. The molecule has 0 atom stereocenters. The molecule has 0 aliphatic rings. The van der Waals surface area contributed by atoms with E-state index in [1.165, 1.54) is 12.8 Å². The Kier molecular flexibility index (Phi) is 24.3. The number of thiol groups is 1. The zero-order valence-corrected chi connectivity index (χ0v) is 11.9. The van der Waals surface area contributed by atoms with Crippen LogP contribution in [-0.2, 0) is 4.74 Å². The van der Waals surface area contributed by atoms with E-state index in [1.54, 1.807) is 0 Å². The van der Waals surface area contributed by atoms with Gasteiger partial charge in [-0.25, -0.2) is 0 Å². The van der Waals surface area contributed by atoms with E-state index in [4.69, 9.17) is 4.74 Å². The van der Waals surface area contributed by atoms with Crippen LogP contribution < -0.4 is 51.4 Å². The molecule has 0 rings (SSSR count). The maximum absolute atomic E-state index is 4.94. The smallest absolute Gasteiger partial charge is 1.00 e. The van der Waals surface area contributed by atoms with Gasteiger partial charge in [0.15, 0.2) is 0 Å². The third-order valence-corrected chi connectivity index (χ3v) is 1.22. The Labute approximate surface area is 123 Å². The van der Waals surface area contributed by atoms with E-state index < -0.39 is 0 Å². The van der Waals surface area contributed by atoms with E-state index in [-0.39, 0.29) is 58.3 Å².